The highest BCUT2D eigenvalue weighted by Gasteiger charge is 2.32. The summed E-state index contributed by atoms with van der Waals surface area (Å²) in [6.07, 6.45) is 7.75. The van der Waals surface area contributed by atoms with E-state index >= 15 is 0 Å². The molecule has 0 saturated heterocycles. The molecule has 1 aromatic rings. The van der Waals surface area contributed by atoms with Gasteiger partial charge in [0, 0.05) is 17.6 Å². The molecule has 1 aliphatic heterocycles. The summed E-state index contributed by atoms with van der Waals surface area (Å²) in [5.74, 6) is 1.98. The summed E-state index contributed by atoms with van der Waals surface area (Å²) in [6, 6.07) is 7.38. The zero-order valence-corrected chi connectivity index (χ0v) is 13.3. The second-order valence-electron chi connectivity index (χ2n) is 6.28. The van der Waals surface area contributed by atoms with Crippen molar-refractivity contribution in [3.05, 3.63) is 23.8 Å². The maximum Gasteiger partial charge on any atom is 0.126 e. The van der Waals surface area contributed by atoms with Gasteiger partial charge in [-0.3, -0.25) is 4.90 Å². The summed E-state index contributed by atoms with van der Waals surface area (Å²) >= 11 is 0. The molecule has 1 atom stereocenters. The quantitative estimate of drug-likeness (QED) is 0.826. The highest BCUT2D eigenvalue weighted by atomic mass is 16.5. The molecule has 1 aromatic carbocycles. The maximum atomic E-state index is 6.04. The van der Waals surface area contributed by atoms with Gasteiger partial charge < -0.3 is 9.47 Å². The van der Waals surface area contributed by atoms with Crippen LogP contribution in [-0.2, 0) is 6.42 Å². The zero-order valence-electron chi connectivity index (χ0n) is 13.3. The molecule has 1 aliphatic carbocycles. The number of ether oxygens (including phenoxy) is 2. The molecule has 0 bridgehead atoms. The molecule has 0 spiro atoms. The van der Waals surface area contributed by atoms with Crippen LogP contribution in [0.2, 0.25) is 0 Å². The van der Waals surface area contributed by atoms with E-state index in [-0.39, 0.29) is 0 Å². The van der Waals surface area contributed by atoms with Gasteiger partial charge in [-0.25, -0.2) is 0 Å². The van der Waals surface area contributed by atoms with Gasteiger partial charge in [0.05, 0.1) is 7.11 Å². The Bertz CT molecular complexity index is 454. The summed E-state index contributed by atoms with van der Waals surface area (Å²) in [6.45, 7) is 4.28. The van der Waals surface area contributed by atoms with Gasteiger partial charge >= 0.3 is 0 Å². The molecule has 3 heteroatoms. The molecule has 0 radical (unpaired) electrons. The Morgan fingerprint density at radius 3 is 2.76 bits per heavy atom. The molecular formula is C18H27NO2. The van der Waals surface area contributed by atoms with Crippen LogP contribution in [0.25, 0.3) is 0 Å². The molecule has 1 heterocycles. The second-order valence-corrected chi connectivity index (χ2v) is 6.28. The van der Waals surface area contributed by atoms with Crippen LogP contribution in [0.15, 0.2) is 18.2 Å². The first-order valence-corrected chi connectivity index (χ1v) is 8.38. The lowest BCUT2D eigenvalue weighted by Crippen LogP contribution is -2.48. The number of nitrogens with zero attached hydrogens (tertiary/aromatic N) is 1. The summed E-state index contributed by atoms with van der Waals surface area (Å²) in [5, 5.41) is 0. The van der Waals surface area contributed by atoms with Crippen molar-refractivity contribution < 1.29 is 9.47 Å². The van der Waals surface area contributed by atoms with E-state index in [1.807, 2.05) is 12.1 Å². The molecule has 0 unspecified atom stereocenters. The monoisotopic (exact) mass is 289 g/mol. The van der Waals surface area contributed by atoms with E-state index < -0.39 is 0 Å². The van der Waals surface area contributed by atoms with Crippen molar-refractivity contribution in [1.29, 1.82) is 0 Å². The molecule has 0 N–H and O–H groups in total. The SMILES string of the molecule is CCCN(C1CCCC1)[C@H]1COc2cccc(OC)c2C1. The highest BCUT2D eigenvalue weighted by molar-refractivity contribution is 5.46. The third-order valence-electron chi connectivity index (χ3n) is 4.93. The van der Waals surface area contributed by atoms with Crippen LogP contribution < -0.4 is 9.47 Å². The van der Waals surface area contributed by atoms with Crippen LogP contribution >= 0.6 is 0 Å². The first kappa shape index (κ1) is 14.7. The van der Waals surface area contributed by atoms with Crippen LogP contribution in [0, 0.1) is 0 Å². The van der Waals surface area contributed by atoms with Crippen LogP contribution in [0.5, 0.6) is 11.5 Å². The lowest BCUT2D eigenvalue weighted by Gasteiger charge is -2.39. The average Bonchev–Trinajstić information content (AvgIpc) is 3.05. The van der Waals surface area contributed by atoms with E-state index in [2.05, 4.69) is 17.9 Å². The number of benzene rings is 1. The smallest absolute Gasteiger partial charge is 0.126 e. The van der Waals surface area contributed by atoms with Crippen molar-refractivity contribution in [3.63, 3.8) is 0 Å². The summed E-state index contributed by atoms with van der Waals surface area (Å²) in [5.41, 5.74) is 1.25. The zero-order chi connectivity index (χ0) is 14.7. The van der Waals surface area contributed by atoms with Gasteiger partial charge in [-0.1, -0.05) is 25.8 Å². The molecule has 3 nitrogen and oxygen atoms in total. The molecule has 0 aromatic heterocycles. The van der Waals surface area contributed by atoms with Crippen LogP contribution in [0.3, 0.4) is 0 Å². The fraction of sp³-hybridized carbons (Fsp3) is 0.667. The lowest BCUT2D eigenvalue weighted by atomic mass is 9.98. The van der Waals surface area contributed by atoms with Crippen molar-refractivity contribution in [3.8, 4) is 11.5 Å². The number of methoxy groups -OCH3 is 1. The number of hydrogen-bond acceptors (Lipinski definition) is 3. The first-order valence-electron chi connectivity index (χ1n) is 8.38. The van der Waals surface area contributed by atoms with E-state index in [0.29, 0.717) is 6.04 Å². The Morgan fingerprint density at radius 2 is 2.05 bits per heavy atom. The summed E-state index contributed by atoms with van der Waals surface area (Å²) < 4.78 is 11.6. The van der Waals surface area contributed by atoms with Crippen molar-refractivity contribution in [2.24, 2.45) is 0 Å². The third kappa shape index (κ3) is 3.03. The molecule has 1 fully saturated rings. The van der Waals surface area contributed by atoms with Crippen LogP contribution in [0.4, 0.5) is 0 Å². The van der Waals surface area contributed by atoms with Crippen molar-refractivity contribution in [2.75, 3.05) is 20.3 Å². The molecular weight excluding hydrogens is 262 g/mol. The van der Waals surface area contributed by atoms with E-state index in [1.165, 1.54) is 44.2 Å². The number of hydrogen-bond donors (Lipinski definition) is 0. The fourth-order valence-electron chi connectivity index (χ4n) is 3.92. The van der Waals surface area contributed by atoms with E-state index in [0.717, 1.165) is 30.6 Å². The van der Waals surface area contributed by atoms with E-state index in [4.69, 9.17) is 9.47 Å². The Balaban J connectivity index is 1.79. The normalized spacial score (nSPS) is 22.1. The topological polar surface area (TPSA) is 21.7 Å². The Hall–Kier alpha value is -1.22. The van der Waals surface area contributed by atoms with Gasteiger partial charge in [0.25, 0.3) is 0 Å². The van der Waals surface area contributed by atoms with Gasteiger partial charge in [0.2, 0.25) is 0 Å². The number of fused-ring (bicyclic) bond motifs is 1. The van der Waals surface area contributed by atoms with Gasteiger partial charge in [-0.05, 0) is 44.4 Å². The van der Waals surface area contributed by atoms with Gasteiger partial charge in [-0.15, -0.1) is 0 Å². The van der Waals surface area contributed by atoms with Crippen molar-refractivity contribution in [1.82, 2.24) is 4.90 Å². The minimum Gasteiger partial charge on any atom is -0.496 e. The third-order valence-corrected chi connectivity index (χ3v) is 4.93. The standard InChI is InChI=1S/C18H27NO2/c1-3-11-19(14-7-4-5-8-14)15-12-16-17(20-2)9-6-10-18(16)21-13-15/h6,9-10,14-15H,3-5,7-8,11-13H2,1-2H3/t15-/m1/s1. The molecule has 116 valence electrons. The Kier molecular flexibility index (Phi) is 4.69. The van der Waals surface area contributed by atoms with Crippen LogP contribution in [0.1, 0.15) is 44.6 Å². The van der Waals surface area contributed by atoms with Gasteiger partial charge in [0.15, 0.2) is 0 Å². The lowest BCUT2D eigenvalue weighted by molar-refractivity contribution is 0.0805. The summed E-state index contributed by atoms with van der Waals surface area (Å²) in [7, 11) is 1.75. The second kappa shape index (κ2) is 6.69. The van der Waals surface area contributed by atoms with E-state index in [1.54, 1.807) is 7.11 Å². The minimum absolute atomic E-state index is 0.497. The fourth-order valence-corrected chi connectivity index (χ4v) is 3.92. The van der Waals surface area contributed by atoms with Gasteiger partial charge in [-0.2, -0.15) is 0 Å². The molecule has 0 amide bonds. The molecule has 2 aliphatic rings. The average molecular weight is 289 g/mol. The van der Waals surface area contributed by atoms with Crippen LogP contribution in [-0.4, -0.2) is 37.2 Å². The number of rotatable bonds is 5. The van der Waals surface area contributed by atoms with E-state index in [9.17, 15) is 0 Å². The largest absolute Gasteiger partial charge is 0.496 e. The van der Waals surface area contributed by atoms with Crippen molar-refractivity contribution in [2.45, 2.75) is 57.5 Å². The minimum atomic E-state index is 0.497. The van der Waals surface area contributed by atoms with Crippen molar-refractivity contribution >= 4 is 0 Å². The molecule has 1 saturated carbocycles. The molecule has 3 rings (SSSR count). The molecule has 21 heavy (non-hydrogen) atoms. The summed E-state index contributed by atoms with van der Waals surface area (Å²) in [4.78, 5) is 2.71. The predicted octanol–water partition coefficient (Wildman–Crippen LogP) is 3.65. The maximum absolute atomic E-state index is 6.04. The highest BCUT2D eigenvalue weighted by Crippen LogP contribution is 2.35. The van der Waals surface area contributed by atoms with Gasteiger partial charge in [0.1, 0.15) is 18.1 Å². The Morgan fingerprint density at radius 1 is 1.24 bits per heavy atom. The Labute approximate surface area is 128 Å². The predicted molar refractivity (Wildman–Crippen MR) is 85.2 cm³/mol. The first-order chi connectivity index (χ1) is 10.3.